The van der Waals surface area contributed by atoms with Crippen LogP contribution in [0.3, 0.4) is 0 Å². The van der Waals surface area contributed by atoms with Gasteiger partial charge in [-0.2, -0.15) is 0 Å². The summed E-state index contributed by atoms with van der Waals surface area (Å²) in [6.07, 6.45) is 39.3. The Hall–Kier alpha value is -5.53. The first kappa shape index (κ1) is 98.8. The van der Waals surface area contributed by atoms with E-state index in [9.17, 15) is 48.2 Å². The van der Waals surface area contributed by atoms with Crippen LogP contribution in [-0.2, 0) is 80.8 Å². The number of amides is 3. The Morgan fingerprint density at radius 3 is 1.01 bits per heavy atom. The summed E-state index contributed by atoms with van der Waals surface area (Å²) in [5.74, 6) is -2.94. The normalized spacial score (nSPS) is 16.5. The van der Waals surface area contributed by atoms with Crippen LogP contribution in [0.1, 0.15) is 365 Å². The van der Waals surface area contributed by atoms with Crippen molar-refractivity contribution in [1.82, 2.24) is 16.0 Å². The average molecular weight is 1590 g/mol. The number of benzene rings is 3. The predicted molar refractivity (Wildman–Crippen MR) is 448 cm³/mol. The van der Waals surface area contributed by atoms with Crippen LogP contribution in [0.5, 0.6) is 0 Å². The fourth-order valence-electron chi connectivity index (χ4n) is 15.1. The van der Waals surface area contributed by atoms with Crippen LogP contribution in [0.15, 0.2) is 91.0 Å². The third-order valence-electron chi connectivity index (χ3n) is 21.6. The molecule has 4 rings (SSSR count). The molecule has 0 spiro atoms. The fourth-order valence-corrected chi connectivity index (χ4v) is 15.7. The van der Waals surface area contributed by atoms with Crippen LogP contribution in [0.25, 0.3) is 0 Å². The van der Waals surface area contributed by atoms with Crippen molar-refractivity contribution in [3.05, 3.63) is 108 Å². The summed E-state index contributed by atoms with van der Waals surface area (Å²) in [7, 11) is -5.46. The molecule has 112 heavy (non-hydrogen) atoms. The number of aliphatic hydroxyl groups is 1. The van der Waals surface area contributed by atoms with Crippen molar-refractivity contribution >= 4 is 43.5 Å². The molecule has 3 aromatic rings. The number of aliphatic hydroxyl groups excluding tert-OH is 1. The highest BCUT2D eigenvalue weighted by molar-refractivity contribution is 7.46. The maximum absolute atomic E-state index is 14.9. The summed E-state index contributed by atoms with van der Waals surface area (Å²) in [4.78, 5) is 106. The van der Waals surface area contributed by atoms with Crippen LogP contribution in [-0.4, -0.2) is 119 Å². The van der Waals surface area contributed by atoms with Crippen LogP contribution >= 0.6 is 7.82 Å². The molecule has 6 N–H and O–H groups in total. The molecule has 1 heterocycles. The highest BCUT2D eigenvalue weighted by Gasteiger charge is 2.51. The summed E-state index contributed by atoms with van der Waals surface area (Å²) >= 11 is 0. The zero-order chi connectivity index (χ0) is 80.6. The Morgan fingerprint density at radius 2 is 0.688 bits per heavy atom. The quantitative estimate of drug-likeness (QED) is 0.0133. The van der Waals surface area contributed by atoms with E-state index >= 15 is 0 Å². The first-order valence-electron chi connectivity index (χ1n) is 44.8. The number of unbranched alkanes of at least 4 members (excludes halogenated alkanes) is 36. The van der Waals surface area contributed by atoms with Gasteiger partial charge in [0.1, 0.15) is 36.6 Å². The molecular formula is C92H152N3O16P. The molecule has 1 fully saturated rings. The van der Waals surface area contributed by atoms with E-state index in [1.807, 2.05) is 42.5 Å². The highest BCUT2D eigenvalue weighted by Crippen LogP contribution is 2.42. The lowest BCUT2D eigenvalue weighted by molar-refractivity contribution is -0.247. The van der Waals surface area contributed by atoms with Crippen LogP contribution in [0.4, 0.5) is 0 Å². The maximum Gasteiger partial charge on any atom is 0.470 e. The molecule has 0 aromatic heterocycles. The third kappa shape index (κ3) is 51.4. The average Bonchev–Trinajstić information content (AvgIpc) is 0.780. The first-order valence-corrected chi connectivity index (χ1v) is 46.3. The fraction of sp³-hybridized carbons (Fsp3) is 0.739. The molecule has 20 heteroatoms. The molecule has 3 amide bonds. The summed E-state index contributed by atoms with van der Waals surface area (Å²) < 4.78 is 49.6. The van der Waals surface area contributed by atoms with Crippen LogP contribution in [0.2, 0.25) is 0 Å². The van der Waals surface area contributed by atoms with E-state index < -0.39 is 93.0 Å². The van der Waals surface area contributed by atoms with Crippen molar-refractivity contribution in [3.8, 4) is 0 Å². The molecule has 1 aliphatic rings. The number of hydrogen-bond donors (Lipinski definition) is 6. The van der Waals surface area contributed by atoms with Gasteiger partial charge in [0, 0.05) is 25.8 Å². The molecule has 0 saturated carbocycles. The van der Waals surface area contributed by atoms with Gasteiger partial charge >= 0.3 is 25.7 Å². The van der Waals surface area contributed by atoms with Gasteiger partial charge in [-0.15, -0.1) is 0 Å². The Morgan fingerprint density at radius 1 is 0.393 bits per heavy atom. The standard InChI is InChI=1S/C92H152N3O16P/c1-4-7-10-13-16-19-22-31-49-64-79(107-86(100)67-52-34-25-28-40-55-76-58-43-37-44-59-76)72-83(97)93-70-71-106-92-90(95-85(99)74-81(66-51-33-24-21-18-15-12-9-6-3)109-88(102)69-54-36-27-30-42-57-78-62-47-39-48-63-78)89(91(82(75-96)110-92)111-112(103,104)105)94-84(98)73-80(65-50-32-23-20-17-14-11-8-5-2)108-87(101)68-53-35-26-29-41-56-77-60-45-38-46-61-77/h37-39,43-48,58-63,79-82,89-92,96H,4-36,40-42,49-57,64-75H2,1-3H3,(H,93,97)(H,94,98)(H,95,99)(H2,103,104,105)/t79-,80-,81-,82?,89?,90?,91?,92?/m1/s1. The molecule has 0 aliphatic carbocycles. The van der Waals surface area contributed by atoms with Crippen molar-refractivity contribution in [2.24, 2.45) is 0 Å². The second-order valence-electron chi connectivity index (χ2n) is 31.8. The Bertz CT molecular complexity index is 2890. The topological polar surface area (TPSA) is 272 Å². The number of ether oxygens (including phenoxy) is 5. The lowest BCUT2D eigenvalue weighted by Gasteiger charge is -2.46. The van der Waals surface area contributed by atoms with Gasteiger partial charge in [-0.1, -0.05) is 324 Å². The lowest BCUT2D eigenvalue weighted by Crippen LogP contribution is -2.70. The first-order chi connectivity index (χ1) is 54.6. The van der Waals surface area contributed by atoms with E-state index in [1.165, 1.54) is 93.7 Å². The number of aryl methyl sites for hydroxylation is 3. The molecule has 636 valence electrons. The van der Waals surface area contributed by atoms with E-state index in [-0.39, 0.29) is 57.6 Å². The SMILES string of the molecule is CCCCCCCCCCC[C@H](CC(=O)NCCOC1OC(CO)C(OP(=O)(O)O)C(NC(=O)C[C@@H](CCCCCCCCCCC)OC(=O)CCCCCCCc2ccccc2)C1NC(=O)C[C@@H](CCCCCCCCCCC)OC(=O)CCCCCCCc1ccccc1)OC(=O)CCCCCCCc1ccccc1. The Balaban J connectivity index is 1.58. The van der Waals surface area contributed by atoms with E-state index in [4.69, 9.17) is 28.2 Å². The number of phosphoric acid groups is 1. The second kappa shape index (κ2) is 65.6. The van der Waals surface area contributed by atoms with E-state index in [0.717, 1.165) is 180 Å². The van der Waals surface area contributed by atoms with E-state index in [0.29, 0.717) is 51.4 Å². The summed E-state index contributed by atoms with van der Waals surface area (Å²) in [6.45, 7) is 5.37. The maximum atomic E-state index is 14.9. The molecule has 19 nitrogen and oxygen atoms in total. The monoisotopic (exact) mass is 1590 g/mol. The minimum atomic E-state index is -5.46. The summed E-state index contributed by atoms with van der Waals surface area (Å²) in [5.41, 5.74) is 3.91. The zero-order valence-electron chi connectivity index (χ0n) is 69.7. The molecule has 3 aromatic carbocycles. The molecule has 5 unspecified atom stereocenters. The van der Waals surface area contributed by atoms with Gasteiger partial charge in [-0.05, 0) is 113 Å². The van der Waals surface area contributed by atoms with Gasteiger partial charge in [-0.3, -0.25) is 33.3 Å². The van der Waals surface area contributed by atoms with Crippen molar-refractivity contribution in [3.63, 3.8) is 0 Å². The van der Waals surface area contributed by atoms with Gasteiger partial charge < -0.3 is 54.5 Å². The molecule has 0 bridgehead atoms. The zero-order valence-corrected chi connectivity index (χ0v) is 70.6. The number of carbonyl (C=O) groups excluding carboxylic acids is 6. The molecule has 1 aliphatic heterocycles. The third-order valence-corrected chi connectivity index (χ3v) is 22.1. The number of esters is 3. The van der Waals surface area contributed by atoms with Crippen molar-refractivity contribution in [2.75, 3.05) is 19.8 Å². The molecular weight excluding hydrogens is 1430 g/mol. The van der Waals surface area contributed by atoms with Crippen LogP contribution in [0, 0.1) is 0 Å². The smallest absolute Gasteiger partial charge is 0.462 e. The van der Waals surface area contributed by atoms with E-state index in [2.05, 4.69) is 85.3 Å². The number of phosphoric ester groups is 1. The number of rotatable bonds is 72. The largest absolute Gasteiger partial charge is 0.470 e. The lowest BCUT2D eigenvalue weighted by atomic mass is 9.93. The van der Waals surface area contributed by atoms with Gasteiger partial charge in [0.25, 0.3) is 0 Å². The number of hydrogen-bond acceptors (Lipinski definition) is 14. The predicted octanol–water partition coefficient (Wildman–Crippen LogP) is 20.7. The van der Waals surface area contributed by atoms with Crippen LogP contribution < -0.4 is 16.0 Å². The Labute approximate surface area is 676 Å². The van der Waals surface area contributed by atoms with Gasteiger partial charge in [-0.25, -0.2) is 4.57 Å². The minimum Gasteiger partial charge on any atom is -0.462 e. The minimum absolute atomic E-state index is 0.0894. The highest BCUT2D eigenvalue weighted by atomic mass is 31.2. The van der Waals surface area contributed by atoms with Gasteiger partial charge in [0.2, 0.25) is 17.7 Å². The number of nitrogens with one attached hydrogen (secondary N) is 3. The molecule has 1 saturated heterocycles. The van der Waals surface area contributed by atoms with Gasteiger partial charge in [0.05, 0.1) is 38.5 Å². The summed E-state index contributed by atoms with van der Waals surface area (Å²) in [6, 6.07) is 28.1. The molecule has 0 radical (unpaired) electrons. The second-order valence-corrected chi connectivity index (χ2v) is 32.9. The van der Waals surface area contributed by atoms with Crippen molar-refractivity contribution < 1.29 is 76.4 Å². The van der Waals surface area contributed by atoms with Crippen molar-refractivity contribution in [2.45, 2.75) is 416 Å². The Kier molecular flexibility index (Phi) is 57.9. The van der Waals surface area contributed by atoms with E-state index in [1.54, 1.807) is 0 Å². The van der Waals surface area contributed by atoms with Crippen molar-refractivity contribution in [1.29, 1.82) is 0 Å². The number of carbonyl (C=O) groups is 6. The van der Waals surface area contributed by atoms with Gasteiger partial charge in [0.15, 0.2) is 6.29 Å². The molecule has 8 atom stereocenters. The summed E-state index contributed by atoms with van der Waals surface area (Å²) in [5, 5.41) is 19.8.